The van der Waals surface area contributed by atoms with E-state index in [1.165, 1.54) is 37.5 Å². The molecule has 1 aromatic heterocycles. The van der Waals surface area contributed by atoms with Gasteiger partial charge in [0.25, 0.3) is 5.91 Å². The van der Waals surface area contributed by atoms with E-state index in [1.807, 2.05) is 0 Å². The van der Waals surface area contributed by atoms with Gasteiger partial charge in [0.05, 0.1) is 26.9 Å². The maximum absolute atomic E-state index is 12.8. The van der Waals surface area contributed by atoms with Crippen LogP contribution in [0, 0.1) is 17.2 Å². The van der Waals surface area contributed by atoms with Crippen molar-refractivity contribution in [2.75, 3.05) is 26.6 Å². The summed E-state index contributed by atoms with van der Waals surface area (Å²) in [7, 11) is 4.51. The zero-order valence-corrected chi connectivity index (χ0v) is 16.7. The molecule has 1 atom stereocenters. The van der Waals surface area contributed by atoms with E-state index in [-0.39, 0.29) is 5.91 Å². The van der Waals surface area contributed by atoms with E-state index in [0.29, 0.717) is 39.3 Å². The van der Waals surface area contributed by atoms with Crippen molar-refractivity contribution >= 4 is 22.2 Å². The lowest BCUT2D eigenvalue weighted by Crippen LogP contribution is -2.13. The maximum Gasteiger partial charge on any atom is 0.256 e. The number of amides is 1. The highest BCUT2D eigenvalue weighted by Gasteiger charge is 2.25. The standard InChI is InChI=1S/C20H22N2O4S/c1-11-5-6-17-13(7-11)14(10-21)20(27-17)22-19(23)12-8-15(24-2)18(26-4)16(9-12)25-3/h8-9,11H,5-7H2,1-4H3,(H,22,23)/t11-/m1/s1. The number of thiophene rings is 1. The quantitative estimate of drug-likeness (QED) is 0.839. The van der Waals surface area contributed by atoms with E-state index >= 15 is 0 Å². The van der Waals surface area contributed by atoms with Crippen LogP contribution in [0.5, 0.6) is 17.2 Å². The molecular weight excluding hydrogens is 364 g/mol. The molecule has 0 fully saturated rings. The third-order valence-electron chi connectivity index (χ3n) is 4.77. The lowest BCUT2D eigenvalue weighted by atomic mass is 9.88. The number of aryl methyl sites for hydroxylation is 1. The van der Waals surface area contributed by atoms with Crippen molar-refractivity contribution in [1.82, 2.24) is 0 Å². The second-order valence-electron chi connectivity index (χ2n) is 6.54. The minimum Gasteiger partial charge on any atom is -0.493 e. The molecule has 1 N–H and O–H groups in total. The Morgan fingerprint density at radius 3 is 2.44 bits per heavy atom. The van der Waals surface area contributed by atoms with Crippen LogP contribution in [0.25, 0.3) is 0 Å². The largest absolute Gasteiger partial charge is 0.493 e. The summed E-state index contributed by atoms with van der Waals surface area (Å²) in [5, 5.41) is 13.1. The Bertz CT molecular complexity index is 888. The summed E-state index contributed by atoms with van der Waals surface area (Å²) in [4.78, 5) is 14.0. The van der Waals surface area contributed by atoms with Gasteiger partial charge in [0, 0.05) is 10.4 Å². The Balaban J connectivity index is 1.94. The summed E-state index contributed by atoms with van der Waals surface area (Å²) in [6.07, 6.45) is 2.95. The molecule has 2 aromatic rings. The van der Waals surface area contributed by atoms with Crippen LogP contribution in [-0.2, 0) is 12.8 Å². The van der Waals surface area contributed by atoms with Crippen LogP contribution in [0.2, 0.25) is 0 Å². The van der Waals surface area contributed by atoms with Gasteiger partial charge in [-0.15, -0.1) is 11.3 Å². The summed E-state index contributed by atoms with van der Waals surface area (Å²) in [6, 6.07) is 5.46. The van der Waals surface area contributed by atoms with Crippen molar-refractivity contribution in [2.24, 2.45) is 5.92 Å². The van der Waals surface area contributed by atoms with Gasteiger partial charge >= 0.3 is 0 Å². The molecule has 0 bridgehead atoms. The third kappa shape index (κ3) is 3.58. The molecule has 0 aliphatic heterocycles. The Morgan fingerprint density at radius 2 is 1.89 bits per heavy atom. The predicted octanol–water partition coefficient (Wildman–Crippen LogP) is 4.02. The lowest BCUT2D eigenvalue weighted by Gasteiger charge is -2.17. The van der Waals surface area contributed by atoms with Crippen LogP contribution in [-0.4, -0.2) is 27.2 Å². The Morgan fingerprint density at radius 1 is 1.22 bits per heavy atom. The molecule has 0 spiro atoms. The number of nitrogens with one attached hydrogen (secondary N) is 1. The number of nitriles is 1. The van der Waals surface area contributed by atoms with E-state index < -0.39 is 0 Å². The lowest BCUT2D eigenvalue weighted by molar-refractivity contribution is 0.102. The molecule has 1 heterocycles. The highest BCUT2D eigenvalue weighted by molar-refractivity contribution is 7.16. The van der Waals surface area contributed by atoms with Crippen LogP contribution in [0.1, 0.15) is 39.7 Å². The monoisotopic (exact) mass is 386 g/mol. The Hall–Kier alpha value is -2.72. The fraction of sp³-hybridized carbons (Fsp3) is 0.400. The summed E-state index contributed by atoms with van der Waals surface area (Å²) in [5.74, 6) is 1.47. The normalized spacial score (nSPS) is 15.4. The van der Waals surface area contributed by atoms with Crippen molar-refractivity contribution in [3.63, 3.8) is 0 Å². The molecule has 1 aromatic carbocycles. The van der Waals surface area contributed by atoms with E-state index in [0.717, 1.165) is 24.8 Å². The van der Waals surface area contributed by atoms with Gasteiger partial charge in [-0.3, -0.25) is 4.79 Å². The number of carbonyl (C=O) groups excluding carboxylic acids is 1. The minimum atomic E-state index is -0.322. The van der Waals surface area contributed by atoms with Crippen molar-refractivity contribution < 1.29 is 19.0 Å². The molecule has 1 amide bonds. The SMILES string of the molecule is COc1cc(C(=O)Nc2sc3c(c2C#N)C[C@H](C)CC3)cc(OC)c1OC. The topological polar surface area (TPSA) is 80.6 Å². The smallest absolute Gasteiger partial charge is 0.256 e. The molecule has 1 aliphatic carbocycles. The van der Waals surface area contributed by atoms with Crippen LogP contribution in [0.3, 0.4) is 0 Å². The highest BCUT2D eigenvalue weighted by Crippen LogP contribution is 2.41. The number of rotatable bonds is 5. The number of hydrogen-bond acceptors (Lipinski definition) is 6. The number of methoxy groups -OCH3 is 3. The number of carbonyl (C=O) groups is 1. The van der Waals surface area contributed by atoms with Gasteiger partial charge in [0.2, 0.25) is 5.75 Å². The number of hydrogen-bond donors (Lipinski definition) is 1. The second kappa shape index (κ2) is 7.89. The zero-order chi connectivity index (χ0) is 19.6. The van der Waals surface area contributed by atoms with Crippen molar-refractivity contribution in [3.05, 3.63) is 33.7 Å². The second-order valence-corrected chi connectivity index (χ2v) is 7.64. The fourth-order valence-electron chi connectivity index (χ4n) is 3.35. The van der Waals surface area contributed by atoms with Crippen LogP contribution in [0.15, 0.2) is 12.1 Å². The molecule has 142 valence electrons. The molecule has 0 saturated heterocycles. The van der Waals surface area contributed by atoms with Gasteiger partial charge in [-0.25, -0.2) is 0 Å². The number of anilines is 1. The molecule has 3 rings (SSSR count). The van der Waals surface area contributed by atoms with E-state index in [4.69, 9.17) is 14.2 Å². The summed E-state index contributed by atoms with van der Waals surface area (Å²) < 4.78 is 15.9. The molecule has 0 radical (unpaired) electrons. The molecular formula is C20H22N2O4S. The van der Waals surface area contributed by atoms with Crippen LogP contribution < -0.4 is 19.5 Å². The van der Waals surface area contributed by atoms with Gasteiger partial charge in [-0.1, -0.05) is 6.92 Å². The van der Waals surface area contributed by atoms with Gasteiger partial charge < -0.3 is 19.5 Å². The van der Waals surface area contributed by atoms with Gasteiger partial charge in [0.1, 0.15) is 11.1 Å². The number of nitrogens with zero attached hydrogens (tertiary/aromatic N) is 1. The molecule has 0 saturated carbocycles. The van der Waals surface area contributed by atoms with Crippen molar-refractivity contribution in [2.45, 2.75) is 26.2 Å². The molecule has 6 nitrogen and oxygen atoms in total. The summed E-state index contributed by atoms with van der Waals surface area (Å²) in [6.45, 7) is 2.19. The van der Waals surface area contributed by atoms with E-state index in [2.05, 4.69) is 18.3 Å². The first-order chi connectivity index (χ1) is 13.0. The minimum absolute atomic E-state index is 0.322. The highest BCUT2D eigenvalue weighted by atomic mass is 32.1. The Labute approximate surface area is 162 Å². The van der Waals surface area contributed by atoms with Crippen LogP contribution >= 0.6 is 11.3 Å². The fourth-order valence-corrected chi connectivity index (χ4v) is 4.54. The number of benzene rings is 1. The molecule has 0 unspecified atom stereocenters. The molecule has 7 heteroatoms. The third-order valence-corrected chi connectivity index (χ3v) is 5.98. The average Bonchev–Trinajstić information content (AvgIpc) is 3.02. The van der Waals surface area contributed by atoms with E-state index in [9.17, 15) is 10.1 Å². The van der Waals surface area contributed by atoms with Crippen molar-refractivity contribution in [1.29, 1.82) is 5.26 Å². The number of ether oxygens (including phenoxy) is 3. The van der Waals surface area contributed by atoms with Crippen LogP contribution in [0.4, 0.5) is 5.00 Å². The number of fused-ring (bicyclic) bond motifs is 1. The Kier molecular flexibility index (Phi) is 5.57. The van der Waals surface area contributed by atoms with Gasteiger partial charge in [-0.2, -0.15) is 5.26 Å². The summed E-state index contributed by atoms with van der Waals surface area (Å²) in [5.41, 5.74) is 2.04. The first-order valence-electron chi connectivity index (χ1n) is 8.68. The zero-order valence-electron chi connectivity index (χ0n) is 15.8. The van der Waals surface area contributed by atoms with Gasteiger partial charge in [0.15, 0.2) is 11.5 Å². The predicted molar refractivity (Wildman–Crippen MR) is 104 cm³/mol. The summed E-state index contributed by atoms with van der Waals surface area (Å²) >= 11 is 1.50. The first kappa shape index (κ1) is 19.1. The maximum atomic E-state index is 12.8. The molecule has 1 aliphatic rings. The van der Waals surface area contributed by atoms with Gasteiger partial charge in [-0.05, 0) is 42.9 Å². The van der Waals surface area contributed by atoms with E-state index in [1.54, 1.807) is 12.1 Å². The average molecular weight is 386 g/mol. The molecule has 27 heavy (non-hydrogen) atoms. The van der Waals surface area contributed by atoms with Crippen molar-refractivity contribution in [3.8, 4) is 23.3 Å². The first-order valence-corrected chi connectivity index (χ1v) is 9.50.